The number of allylic oxidation sites excluding steroid dienone is 1. The van der Waals surface area contributed by atoms with Crippen LogP contribution >= 0.6 is 11.8 Å². The third-order valence-corrected chi connectivity index (χ3v) is 2.41. The van der Waals surface area contributed by atoms with Crippen LogP contribution in [0.3, 0.4) is 0 Å². The molecule has 0 radical (unpaired) electrons. The average molecular weight is 207 g/mol. The fourth-order valence-corrected chi connectivity index (χ4v) is 1.49. The highest BCUT2D eigenvalue weighted by Gasteiger charge is 1.90. The third kappa shape index (κ3) is 4.82. The van der Waals surface area contributed by atoms with E-state index in [1.165, 1.54) is 11.8 Å². The van der Waals surface area contributed by atoms with Crippen LogP contribution in [-0.2, 0) is 4.79 Å². The lowest BCUT2D eigenvalue weighted by atomic mass is 10.3. The van der Waals surface area contributed by atoms with E-state index in [1.54, 1.807) is 13.1 Å². The van der Waals surface area contributed by atoms with Crippen molar-refractivity contribution in [2.45, 2.75) is 13.3 Å². The molecule has 0 N–H and O–H groups in total. The first-order valence-corrected chi connectivity index (χ1v) is 5.48. The van der Waals surface area contributed by atoms with E-state index in [-0.39, 0.29) is 5.12 Å². The zero-order valence-electron chi connectivity index (χ0n) is 8.14. The van der Waals surface area contributed by atoms with Crippen LogP contribution in [0.25, 0.3) is 6.08 Å². The lowest BCUT2D eigenvalue weighted by Crippen LogP contribution is -1.83. The molecule has 74 valence electrons. The molecule has 2 nitrogen and oxygen atoms in total. The van der Waals surface area contributed by atoms with Gasteiger partial charge in [0, 0.05) is 18.9 Å². The van der Waals surface area contributed by atoms with Gasteiger partial charge in [-0.3, -0.25) is 9.78 Å². The molecular weight excluding hydrogens is 194 g/mol. The first kappa shape index (κ1) is 11.0. The standard InChI is InChI=1S/C11H13NOS/c1-10(13)14-9-5-3-7-11-6-2-4-8-12-11/h2-4,6-8H,5,9H2,1H3. The van der Waals surface area contributed by atoms with Crippen molar-refractivity contribution in [1.29, 1.82) is 0 Å². The summed E-state index contributed by atoms with van der Waals surface area (Å²) in [6, 6.07) is 5.80. The van der Waals surface area contributed by atoms with Gasteiger partial charge >= 0.3 is 0 Å². The Bertz CT molecular complexity index is 308. The van der Waals surface area contributed by atoms with Gasteiger partial charge in [0.15, 0.2) is 5.12 Å². The van der Waals surface area contributed by atoms with E-state index in [2.05, 4.69) is 4.98 Å². The number of pyridine rings is 1. The number of carbonyl (C=O) groups is 1. The second-order valence-corrected chi connectivity index (χ2v) is 4.06. The molecule has 1 aromatic heterocycles. The van der Waals surface area contributed by atoms with Crippen molar-refractivity contribution in [2.75, 3.05) is 5.75 Å². The van der Waals surface area contributed by atoms with E-state index in [0.29, 0.717) is 0 Å². The van der Waals surface area contributed by atoms with Gasteiger partial charge in [-0.25, -0.2) is 0 Å². The Morgan fingerprint density at radius 1 is 1.57 bits per heavy atom. The van der Waals surface area contributed by atoms with Gasteiger partial charge in [-0.2, -0.15) is 0 Å². The van der Waals surface area contributed by atoms with Gasteiger partial charge in [-0.05, 0) is 24.6 Å². The molecule has 1 rings (SSSR count). The molecule has 0 unspecified atom stereocenters. The smallest absolute Gasteiger partial charge is 0.185 e. The largest absolute Gasteiger partial charge is 0.288 e. The van der Waals surface area contributed by atoms with E-state index < -0.39 is 0 Å². The second kappa shape index (κ2) is 6.38. The molecule has 0 atom stereocenters. The van der Waals surface area contributed by atoms with Crippen LogP contribution < -0.4 is 0 Å². The fourth-order valence-electron chi connectivity index (χ4n) is 0.949. The van der Waals surface area contributed by atoms with Gasteiger partial charge in [0.1, 0.15) is 0 Å². The summed E-state index contributed by atoms with van der Waals surface area (Å²) in [4.78, 5) is 14.8. The summed E-state index contributed by atoms with van der Waals surface area (Å²) in [6.45, 7) is 1.59. The Morgan fingerprint density at radius 3 is 3.07 bits per heavy atom. The Balaban J connectivity index is 2.25. The first-order chi connectivity index (χ1) is 6.79. The zero-order valence-corrected chi connectivity index (χ0v) is 8.96. The summed E-state index contributed by atoms with van der Waals surface area (Å²) in [7, 11) is 0. The summed E-state index contributed by atoms with van der Waals surface area (Å²) in [5.41, 5.74) is 0.959. The molecule has 0 saturated heterocycles. The van der Waals surface area contributed by atoms with Gasteiger partial charge < -0.3 is 0 Å². The summed E-state index contributed by atoms with van der Waals surface area (Å²) < 4.78 is 0. The van der Waals surface area contributed by atoms with Crippen LogP contribution in [0.4, 0.5) is 0 Å². The molecule has 0 aromatic carbocycles. The molecule has 0 fully saturated rings. The number of thioether (sulfide) groups is 1. The van der Waals surface area contributed by atoms with Gasteiger partial charge in [0.25, 0.3) is 0 Å². The van der Waals surface area contributed by atoms with Crippen molar-refractivity contribution in [1.82, 2.24) is 4.98 Å². The SMILES string of the molecule is CC(=O)SCCC=Cc1ccccn1. The van der Waals surface area contributed by atoms with Crippen LogP contribution in [-0.4, -0.2) is 15.9 Å². The van der Waals surface area contributed by atoms with Crippen molar-refractivity contribution in [3.05, 3.63) is 36.2 Å². The molecule has 0 aliphatic rings. The lowest BCUT2D eigenvalue weighted by Gasteiger charge is -1.92. The van der Waals surface area contributed by atoms with E-state index in [1.807, 2.05) is 30.4 Å². The van der Waals surface area contributed by atoms with Crippen molar-refractivity contribution in [3.8, 4) is 0 Å². The molecule has 1 aromatic rings. The molecule has 0 bridgehead atoms. The molecule has 1 heterocycles. The zero-order chi connectivity index (χ0) is 10.2. The number of carbonyl (C=O) groups excluding carboxylic acids is 1. The number of rotatable bonds is 4. The van der Waals surface area contributed by atoms with Crippen LogP contribution in [0.15, 0.2) is 30.5 Å². The minimum Gasteiger partial charge on any atom is -0.288 e. The van der Waals surface area contributed by atoms with E-state index in [0.717, 1.165) is 17.9 Å². The molecular formula is C11H13NOS. The predicted molar refractivity (Wildman–Crippen MR) is 61.0 cm³/mol. The Morgan fingerprint density at radius 2 is 2.43 bits per heavy atom. The van der Waals surface area contributed by atoms with E-state index >= 15 is 0 Å². The Hall–Kier alpha value is -1.09. The Kier molecular flexibility index (Phi) is 5.00. The summed E-state index contributed by atoms with van der Waals surface area (Å²) >= 11 is 1.36. The maximum absolute atomic E-state index is 10.6. The normalized spacial score (nSPS) is 10.6. The van der Waals surface area contributed by atoms with Crippen LogP contribution in [0.1, 0.15) is 19.0 Å². The van der Waals surface area contributed by atoms with Crippen molar-refractivity contribution in [3.63, 3.8) is 0 Å². The molecule has 0 amide bonds. The van der Waals surface area contributed by atoms with E-state index in [4.69, 9.17) is 0 Å². The monoisotopic (exact) mass is 207 g/mol. The summed E-state index contributed by atoms with van der Waals surface area (Å²) in [5, 5.41) is 0.177. The molecule has 3 heteroatoms. The average Bonchev–Trinajstić information content (AvgIpc) is 2.18. The van der Waals surface area contributed by atoms with E-state index in [9.17, 15) is 4.79 Å². The van der Waals surface area contributed by atoms with Gasteiger partial charge in [-0.15, -0.1) is 0 Å². The van der Waals surface area contributed by atoms with Gasteiger partial charge in [-0.1, -0.05) is 23.9 Å². The minimum absolute atomic E-state index is 0.177. The number of aromatic nitrogens is 1. The quantitative estimate of drug-likeness (QED) is 0.711. The third-order valence-electron chi connectivity index (χ3n) is 1.57. The lowest BCUT2D eigenvalue weighted by molar-refractivity contribution is -0.109. The van der Waals surface area contributed by atoms with Crippen LogP contribution in [0.5, 0.6) is 0 Å². The van der Waals surface area contributed by atoms with Crippen molar-refractivity contribution >= 4 is 23.0 Å². The Labute approximate surface area is 88.4 Å². The second-order valence-electron chi connectivity index (χ2n) is 2.79. The minimum atomic E-state index is 0.177. The highest BCUT2D eigenvalue weighted by Crippen LogP contribution is 2.05. The number of hydrogen-bond donors (Lipinski definition) is 0. The summed E-state index contributed by atoms with van der Waals surface area (Å²) in [5.74, 6) is 0.846. The number of nitrogens with zero attached hydrogens (tertiary/aromatic N) is 1. The van der Waals surface area contributed by atoms with Crippen molar-refractivity contribution < 1.29 is 4.79 Å². The van der Waals surface area contributed by atoms with Crippen molar-refractivity contribution in [2.24, 2.45) is 0 Å². The molecule has 0 aliphatic heterocycles. The maximum atomic E-state index is 10.6. The van der Waals surface area contributed by atoms with Gasteiger partial charge in [0.2, 0.25) is 0 Å². The molecule has 14 heavy (non-hydrogen) atoms. The highest BCUT2D eigenvalue weighted by atomic mass is 32.2. The first-order valence-electron chi connectivity index (χ1n) is 4.50. The van der Waals surface area contributed by atoms with Gasteiger partial charge in [0.05, 0.1) is 5.69 Å². The summed E-state index contributed by atoms with van der Waals surface area (Å²) in [6.07, 6.45) is 6.68. The molecule has 0 spiro atoms. The van der Waals surface area contributed by atoms with Crippen LogP contribution in [0.2, 0.25) is 0 Å². The highest BCUT2D eigenvalue weighted by molar-refractivity contribution is 8.13. The topological polar surface area (TPSA) is 30.0 Å². The fraction of sp³-hybridized carbons (Fsp3) is 0.273. The molecule has 0 aliphatic carbocycles. The number of hydrogen-bond acceptors (Lipinski definition) is 3. The van der Waals surface area contributed by atoms with Crippen LogP contribution in [0, 0.1) is 0 Å². The predicted octanol–water partition coefficient (Wildman–Crippen LogP) is 2.76. The molecule has 0 saturated carbocycles. The maximum Gasteiger partial charge on any atom is 0.185 e.